The first-order valence-corrected chi connectivity index (χ1v) is 12.8. The number of benzene rings is 3. The lowest BCUT2D eigenvalue weighted by molar-refractivity contribution is 1.14. The number of allylic oxidation sites excluding steroid dienone is 2. The summed E-state index contributed by atoms with van der Waals surface area (Å²) < 4.78 is 4.15. The maximum Gasteiger partial charge on any atom is 0.169 e. The Labute approximate surface area is 209 Å². The molecule has 146 valence electrons. The maximum atomic E-state index is 3.64. The molecule has 0 aliphatic carbocycles. The number of halogens is 4. The number of thioether (sulfide) groups is 1. The zero-order chi connectivity index (χ0) is 20.7. The molecular weight excluding hydrogens is 642 g/mol. The lowest BCUT2D eigenvalue weighted by atomic mass is 9.95. The monoisotopic (exact) mass is 653 g/mol. The fourth-order valence-corrected chi connectivity index (χ4v) is 6.58. The van der Waals surface area contributed by atoms with Crippen LogP contribution in [0.15, 0.2) is 83.1 Å². The summed E-state index contributed by atoms with van der Waals surface area (Å²) in [6, 6.07) is 19.2. The highest BCUT2D eigenvalue weighted by atomic mass is 79.9. The van der Waals surface area contributed by atoms with Gasteiger partial charge in [0.1, 0.15) is 0 Å². The van der Waals surface area contributed by atoms with Gasteiger partial charge in [-0.25, -0.2) is 0 Å². The predicted molar refractivity (Wildman–Crippen MR) is 140 cm³/mol. The van der Waals surface area contributed by atoms with Crippen LogP contribution in [0.5, 0.6) is 0 Å². The predicted octanol–water partition coefficient (Wildman–Crippen LogP) is 9.87. The van der Waals surface area contributed by atoms with E-state index in [0.717, 1.165) is 45.8 Å². The third kappa shape index (κ3) is 4.57. The summed E-state index contributed by atoms with van der Waals surface area (Å²) in [5.41, 5.74) is 6.92. The van der Waals surface area contributed by atoms with Crippen molar-refractivity contribution in [1.82, 2.24) is 0 Å². The Bertz CT molecular complexity index is 1030. The van der Waals surface area contributed by atoms with Gasteiger partial charge in [0.15, 0.2) is 5.88 Å². The molecule has 3 aromatic rings. The number of nitrogens with zero attached hydrogens (tertiary/aromatic N) is 1. The Morgan fingerprint density at radius 3 is 1.55 bits per heavy atom. The molecule has 1 aliphatic heterocycles. The lowest BCUT2D eigenvalue weighted by Gasteiger charge is -2.26. The van der Waals surface area contributed by atoms with E-state index in [-0.39, 0.29) is 0 Å². The summed E-state index contributed by atoms with van der Waals surface area (Å²) in [6.07, 6.45) is 0. The van der Waals surface area contributed by atoms with Crippen LogP contribution in [-0.2, 0) is 0 Å². The second kappa shape index (κ2) is 8.91. The average Bonchev–Trinajstić information content (AvgIpc) is 2.98. The summed E-state index contributed by atoms with van der Waals surface area (Å²) in [4.78, 5) is 3.45. The molecule has 1 aliphatic rings. The largest absolute Gasteiger partial charge is 0.322 e. The Hall–Kier alpha value is -0.530. The Kier molecular flexibility index (Phi) is 6.67. The molecule has 0 N–H and O–H groups in total. The zero-order valence-electron chi connectivity index (χ0n) is 15.6. The standard InChI is InChI=1S/C23H15Br4NS/c1-13-14(2)29-12-28(13)23-21(15-6-17(24)10-18(25)7-15)4-3-5-22(23)16-8-19(26)11-20(27)9-16/h3-11H,1-2H3. The summed E-state index contributed by atoms with van der Waals surface area (Å²) >= 11 is 16.2. The normalized spacial score (nSPS) is 14.1. The van der Waals surface area contributed by atoms with Gasteiger partial charge in [0.25, 0.3) is 0 Å². The van der Waals surface area contributed by atoms with Crippen molar-refractivity contribution >= 4 is 81.2 Å². The Morgan fingerprint density at radius 1 is 0.724 bits per heavy atom. The zero-order valence-corrected chi connectivity index (χ0v) is 22.7. The molecule has 6 heteroatoms. The van der Waals surface area contributed by atoms with Crippen LogP contribution in [0.25, 0.3) is 22.3 Å². The number of para-hydroxylation sites is 1. The molecule has 3 aromatic carbocycles. The van der Waals surface area contributed by atoms with Gasteiger partial charge in [0.05, 0.1) is 5.69 Å². The molecule has 0 saturated carbocycles. The van der Waals surface area contributed by atoms with Crippen molar-refractivity contribution in [3.8, 4) is 22.3 Å². The third-order valence-corrected chi connectivity index (χ3v) is 7.45. The van der Waals surface area contributed by atoms with Crippen molar-refractivity contribution in [3.63, 3.8) is 0 Å². The molecule has 0 saturated heterocycles. The minimum Gasteiger partial charge on any atom is -0.322 e. The molecule has 0 bridgehead atoms. The van der Waals surface area contributed by atoms with Gasteiger partial charge in [0.2, 0.25) is 0 Å². The molecule has 1 heterocycles. The van der Waals surface area contributed by atoms with Crippen LogP contribution in [-0.4, -0.2) is 0 Å². The van der Waals surface area contributed by atoms with E-state index in [1.165, 1.54) is 10.6 Å². The van der Waals surface area contributed by atoms with E-state index in [0.29, 0.717) is 0 Å². The fourth-order valence-electron chi connectivity index (χ4n) is 3.30. The van der Waals surface area contributed by atoms with E-state index in [1.54, 1.807) is 11.8 Å². The number of rotatable bonds is 3. The molecule has 0 atom stereocenters. The molecule has 29 heavy (non-hydrogen) atoms. The molecule has 2 radical (unpaired) electrons. The van der Waals surface area contributed by atoms with Crippen molar-refractivity contribution in [2.75, 3.05) is 4.90 Å². The van der Waals surface area contributed by atoms with Crippen molar-refractivity contribution in [1.29, 1.82) is 0 Å². The van der Waals surface area contributed by atoms with Crippen molar-refractivity contribution in [2.24, 2.45) is 0 Å². The smallest absolute Gasteiger partial charge is 0.169 e. The van der Waals surface area contributed by atoms with Gasteiger partial charge in [-0.1, -0.05) is 93.7 Å². The van der Waals surface area contributed by atoms with Crippen LogP contribution < -0.4 is 4.90 Å². The van der Waals surface area contributed by atoms with Gasteiger partial charge in [-0.3, -0.25) is 0 Å². The molecule has 0 amide bonds. The third-order valence-electron chi connectivity index (χ3n) is 4.74. The highest BCUT2D eigenvalue weighted by Crippen LogP contribution is 2.48. The topological polar surface area (TPSA) is 3.24 Å². The second-order valence-corrected chi connectivity index (χ2v) is 11.4. The van der Waals surface area contributed by atoms with E-state index >= 15 is 0 Å². The summed E-state index contributed by atoms with van der Waals surface area (Å²) in [5, 5.41) is 0. The van der Waals surface area contributed by atoms with Gasteiger partial charge in [-0.15, -0.1) is 0 Å². The number of anilines is 1. The van der Waals surface area contributed by atoms with Crippen molar-refractivity contribution < 1.29 is 0 Å². The highest BCUT2D eigenvalue weighted by molar-refractivity contribution is 9.11. The fraction of sp³-hybridized carbons (Fsp3) is 0.0870. The summed E-state index contributed by atoms with van der Waals surface area (Å²) in [7, 11) is 0. The molecule has 1 nitrogen and oxygen atoms in total. The van der Waals surface area contributed by atoms with Crippen LogP contribution in [0.1, 0.15) is 13.8 Å². The van der Waals surface area contributed by atoms with E-state index < -0.39 is 0 Å². The summed E-state index contributed by atoms with van der Waals surface area (Å²) in [5.74, 6) is 3.48. The van der Waals surface area contributed by atoms with E-state index in [2.05, 4.69) is 143 Å². The average molecular weight is 657 g/mol. The van der Waals surface area contributed by atoms with Gasteiger partial charge in [-0.05, 0) is 61.4 Å². The van der Waals surface area contributed by atoms with E-state index in [9.17, 15) is 0 Å². The highest BCUT2D eigenvalue weighted by Gasteiger charge is 2.26. The Balaban J connectivity index is 2.02. The minimum atomic E-state index is 1.04. The van der Waals surface area contributed by atoms with E-state index in [4.69, 9.17) is 0 Å². The van der Waals surface area contributed by atoms with Gasteiger partial charge in [-0.2, -0.15) is 0 Å². The van der Waals surface area contributed by atoms with E-state index in [1.807, 2.05) is 0 Å². The second-order valence-electron chi connectivity index (χ2n) is 6.69. The van der Waals surface area contributed by atoms with Crippen LogP contribution >= 0.6 is 75.5 Å². The number of hydrogen-bond donors (Lipinski definition) is 0. The first-order chi connectivity index (χ1) is 13.8. The quantitative estimate of drug-likeness (QED) is 0.276. The molecular formula is C23H15Br4NS. The first kappa shape index (κ1) is 21.7. The first-order valence-electron chi connectivity index (χ1n) is 8.79. The molecule has 0 aromatic heterocycles. The molecule has 0 fully saturated rings. The Morgan fingerprint density at radius 2 is 1.17 bits per heavy atom. The van der Waals surface area contributed by atoms with Crippen LogP contribution in [0.4, 0.5) is 5.69 Å². The number of hydrogen-bond acceptors (Lipinski definition) is 2. The lowest BCUT2D eigenvalue weighted by Crippen LogP contribution is -2.14. The van der Waals surface area contributed by atoms with Crippen LogP contribution in [0.2, 0.25) is 0 Å². The van der Waals surface area contributed by atoms with Crippen molar-refractivity contribution in [3.05, 3.63) is 89.0 Å². The molecule has 4 rings (SSSR count). The SMILES string of the molecule is CC1=C(C)N(c2c(-c3cc(Br)cc(Br)c3)cccc2-c2cc(Br)cc(Br)c2)[C]S1. The minimum absolute atomic E-state index is 1.04. The van der Waals surface area contributed by atoms with Crippen LogP contribution in [0.3, 0.4) is 0 Å². The maximum absolute atomic E-state index is 3.64. The van der Waals surface area contributed by atoms with Crippen LogP contribution in [0, 0.1) is 5.88 Å². The van der Waals surface area contributed by atoms with Crippen molar-refractivity contribution in [2.45, 2.75) is 13.8 Å². The van der Waals surface area contributed by atoms with Gasteiger partial charge < -0.3 is 4.90 Å². The van der Waals surface area contributed by atoms with Gasteiger partial charge >= 0.3 is 0 Å². The molecule has 0 spiro atoms. The summed E-state index contributed by atoms with van der Waals surface area (Å²) in [6.45, 7) is 4.29. The van der Waals surface area contributed by atoms with Gasteiger partial charge in [0, 0.05) is 39.6 Å². The molecule has 0 unspecified atom stereocenters.